The lowest BCUT2D eigenvalue weighted by Crippen LogP contribution is -2.20. The summed E-state index contributed by atoms with van der Waals surface area (Å²) < 4.78 is 4.49. The average Bonchev–Trinajstić information content (AvgIpc) is 2.35. The van der Waals surface area contributed by atoms with Crippen LogP contribution in [0.1, 0.15) is 5.69 Å². The van der Waals surface area contributed by atoms with E-state index < -0.39 is 5.97 Å². The maximum absolute atomic E-state index is 11.3. The van der Waals surface area contributed by atoms with Crippen molar-refractivity contribution in [1.82, 2.24) is 15.3 Å². The van der Waals surface area contributed by atoms with E-state index in [-0.39, 0.29) is 23.6 Å². The minimum absolute atomic E-state index is 0.0754. The van der Waals surface area contributed by atoms with Gasteiger partial charge >= 0.3 is 5.97 Å². The smallest absolute Gasteiger partial charge is 0.311 e. The Morgan fingerprint density at radius 3 is 2.89 bits per heavy atom. The molecule has 98 valence electrons. The van der Waals surface area contributed by atoms with Crippen LogP contribution in [0, 0.1) is 0 Å². The van der Waals surface area contributed by atoms with Crippen LogP contribution in [0.2, 0.25) is 0 Å². The number of nitrogens with one attached hydrogen (secondary N) is 2. The number of ether oxygens (including phenoxy) is 1. The fourth-order valence-corrected chi connectivity index (χ4v) is 1.84. The van der Waals surface area contributed by atoms with Gasteiger partial charge in [-0.15, -0.1) is 0 Å². The van der Waals surface area contributed by atoms with Crippen LogP contribution in [0.3, 0.4) is 0 Å². The fourth-order valence-electron chi connectivity index (χ4n) is 1.07. The number of hydrogen-bond donors (Lipinski definition) is 2. The summed E-state index contributed by atoms with van der Waals surface area (Å²) in [6.07, 6.45) is -0.0754. The Balaban J connectivity index is 2.77. The van der Waals surface area contributed by atoms with Crippen molar-refractivity contribution < 1.29 is 14.3 Å². The molecule has 1 heterocycles. The summed E-state index contributed by atoms with van der Waals surface area (Å²) >= 11 is 1.09. The number of nitrogens with zero attached hydrogens (tertiary/aromatic N) is 1. The molecule has 1 rings (SSSR count). The quantitative estimate of drug-likeness (QED) is 0.418. The molecular formula is C10H13N3O4S. The predicted molar refractivity (Wildman–Crippen MR) is 65.4 cm³/mol. The average molecular weight is 271 g/mol. The molecule has 1 aromatic heterocycles. The van der Waals surface area contributed by atoms with E-state index in [9.17, 15) is 14.4 Å². The van der Waals surface area contributed by atoms with E-state index in [0.717, 1.165) is 11.8 Å². The molecule has 0 aliphatic rings. The van der Waals surface area contributed by atoms with Crippen LogP contribution < -0.4 is 10.9 Å². The SMILES string of the molecule is CNC(=O)CSc1nc(CC(=O)OC)cc(=O)[nH]1. The lowest BCUT2D eigenvalue weighted by molar-refractivity contribution is -0.139. The first-order valence-corrected chi connectivity index (χ1v) is 6.04. The van der Waals surface area contributed by atoms with Crippen LogP contribution >= 0.6 is 11.8 Å². The lowest BCUT2D eigenvalue weighted by atomic mass is 10.3. The number of aromatic amines is 1. The van der Waals surface area contributed by atoms with Gasteiger partial charge in [0.1, 0.15) is 0 Å². The monoisotopic (exact) mass is 271 g/mol. The minimum Gasteiger partial charge on any atom is -0.469 e. The highest BCUT2D eigenvalue weighted by molar-refractivity contribution is 7.99. The molecule has 18 heavy (non-hydrogen) atoms. The molecular weight excluding hydrogens is 258 g/mol. The van der Waals surface area contributed by atoms with Crippen molar-refractivity contribution in [2.45, 2.75) is 11.6 Å². The number of esters is 1. The van der Waals surface area contributed by atoms with Gasteiger partial charge in [0.05, 0.1) is 25.0 Å². The van der Waals surface area contributed by atoms with Gasteiger partial charge in [-0.05, 0) is 0 Å². The number of H-pyrrole nitrogens is 1. The van der Waals surface area contributed by atoms with Crippen molar-refractivity contribution in [2.75, 3.05) is 19.9 Å². The van der Waals surface area contributed by atoms with Crippen LogP contribution in [0.5, 0.6) is 0 Å². The maximum Gasteiger partial charge on any atom is 0.311 e. The van der Waals surface area contributed by atoms with Gasteiger partial charge in [-0.25, -0.2) is 4.98 Å². The Morgan fingerprint density at radius 1 is 1.56 bits per heavy atom. The van der Waals surface area contributed by atoms with Gasteiger partial charge in [0, 0.05) is 13.1 Å². The Bertz CT molecular complexity index is 500. The molecule has 0 aliphatic heterocycles. The van der Waals surface area contributed by atoms with Crippen molar-refractivity contribution in [3.8, 4) is 0 Å². The highest BCUT2D eigenvalue weighted by Gasteiger charge is 2.08. The number of thioether (sulfide) groups is 1. The van der Waals surface area contributed by atoms with Crippen LogP contribution in [-0.2, 0) is 20.7 Å². The van der Waals surface area contributed by atoms with Gasteiger partial charge in [0.2, 0.25) is 5.91 Å². The van der Waals surface area contributed by atoms with E-state index >= 15 is 0 Å². The molecule has 1 amide bonds. The first kappa shape index (κ1) is 14.2. The van der Waals surface area contributed by atoms with Gasteiger partial charge in [-0.2, -0.15) is 0 Å². The van der Waals surface area contributed by atoms with E-state index in [1.807, 2.05) is 0 Å². The van der Waals surface area contributed by atoms with Gasteiger partial charge in [-0.3, -0.25) is 14.4 Å². The van der Waals surface area contributed by atoms with E-state index in [1.54, 1.807) is 0 Å². The molecule has 0 bridgehead atoms. The Morgan fingerprint density at radius 2 is 2.28 bits per heavy atom. The first-order valence-electron chi connectivity index (χ1n) is 5.05. The fraction of sp³-hybridized carbons (Fsp3) is 0.400. The lowest BCUT2D eigenvalue weighted by Gasteiger charge is -2.03. The maximum atomic E-state index is 11.3. The zero-order chi connectivity index (χ0) is 13.5. The Labute approximate surface area is 107 Å². The van der Waals surface area contributed by atoms with Crippen LogP contribution in [-0.4, -0.2) is 41.8 Å². The third kappa shape index (κ3) is 4.58. The largest absolute Gasteiger partial charge is 0.469 e. The second-order valence-corrected chi connectivity index (χ2v) is 4.22. The normalized spacial score (nSPS) is 9.89. The molecule has 7 nitrogen and oxygen atoms in total. The molecule has 0 spiro atoms. The zero-order valence-electron chi connectivity index (χ0n) is 9.98. The molecule has 0 aliphatic carbocycles. The number of amides is 1. The summed E-state index contributed by atoms with van der Waals surface area (Å²) in [5.74, 6) is -0.516. The summed E-state index contributed by atoms with van der Waals surface area (Å²) in [5, 5.41) is 2.75. The third-order valence-corrected chi connectivity index (χ3v) is 2.82. The molecule has 0 radical (unpaired) electrons. The van der Waals surface area contributed by atoms with E-state index in [1.165, 1.54) is 20.2 Å². The minimum atomic E-state index is -0.477. The van der Waals surface area contributed by atoms with E-state index in [0.29, 0.717) is 10.9 Å². The van der Waals surface area contributed by atoms with E-state index in [4.69, 9.17) is 0 Å². The van der Waals surface area contributed by atoms with Crippen molar-refractivity contribution in [1.29, 1.82) is 0 Å². The molecule has 0 fully saturated rings. The molecule has 0 unspecified atom stereocenters. The number of rotatable bonds is 5. The predicted octanol–water partition coefficient (Wildman–Crippen LogP) is -0.676. The van der Waals surface area contributed by atoms with Crippen molar-refractivity contribution in [2.24, 2.45) is 0 Å². The molecule has 0 aromatic carbocycles. The number of carbonyl (C=O) groups excluding carboxylic acids is 2. The van der Waals surface area contributed by atoms with Crippen molar-refractivity contribution in [3.05, 3.63) is 22.1 Å². The highest BCUT2D eigenvalue weighted by Crippen LogP contribution is 2.10. The third-order valence-electron chi connectivity index (χ3n) is 1.94. The topological polar surface area (TPSA) is 101 Å². The first-order chi connectivity index (χ1) is 8.55. The van der Waals surface area contributed by atoms with Gasteiger partial charge in [-0.1, -0.05) is 11.8 Å². The summed E-state index contributed by atoms with van der Waals surface area (Å²) in [6.45, 7) is 0. The second kappa shape index (κ2) is 6.80. The molecule has 0 atom stereocenters. The van der Waals surface area contributed by atoms with E-state index in [2.05, 4.69) is 20.0 Å². The summed E-state index contributed by atoms with van der Waals surface area (Å²) in [4.78, 5) is 40.0. The zero-order valence-corrected chi connectivity index (χ0v) is 10.8. The number of aromatic nitrogens is 2. The van der Waals surface area contributed by atoms with Crippen LogP contribution in [0.25, 0.3) is 0 Å². The Hall–Kier alpha value is -1.83. The summed E-state index contributed by atoms with van der Waals surface area (Å²) in [7, 11) is 2.78. The number of methoxy groups -OCH3 is 1. The summed E-state index contributed by atoms with van der Waals surface area (Å²) in [6, 6.07) is 1.22. The van der Waals surface area contributed by atoms with Gasteiger partial charge < -0.3 is 15.0 Å². The number of carbonyl (C=O) groups is 2. The standard InChI is InChI=1S/C10H13N3O4S/c1-11-8(15)5-18-10-12-6(3-7(14)13-10)4-9(16)17-2/h3H,4-5H2,1-2H3,(H,11,15)(H,12,13,14). The van der Waals surface area contributed by atoms with Gasteiger partial charge in [0.25, 0.3) is 5.56 Å². The second-order valence-electron chi connectivity index (χ2n) is 3.26. The molecule has 2 N–H and O–H groups in total. The van der Waals surface area contributed by atoms with Crippen LogP contribution in [0.15, 0.2) is 16.0 Å². The molecule has 0 saturated carbocycles. The van der Waals surface area contributed by atoms with Crippen molar-refractivity contribution in [3.63, 3.8) is 0 Å². The van der Waals surface area contributed by atoms with Gasteiger partial charge in [0.15, 0.2) is 5.16 Å². The summed E-state index contributed by atoms with van der Waals surface area (Å²) in [5.41, 5.74) is -0.0617. The Kier molecular flexibility index (Phi) is 5.37. The molecule has 0 saturated heterocycles. The highest BCUT2D eigenvalue weighted by atomic mass is 32.2. The van der Waals surface area contributed by atoms with Crippen molar-refractivity contribution >= 4 is 23.6 Å². The molecule has 1 aromatic rings. The molecule has 8 heteroatoms. The van der Waals surface area contributed by atoms with Crippen LogP contribution in [0.4, 0.5) is 0 Å². The number of hydrogen-bond acceptors (Lipinski definition) is 6.